The number of unbranched alkanes of at least 4 members (excludes halogenated alkanes) is 35. The summed E-state index contributed by atoms with van der Waals surface area (Å²) in [5.74, 6) is -0.512. The Morgan fingerprint density at radius 1 is 0.422 bits per heavy atom. The molecule has 3 atom stereocenters. The molecule has 3 unspecified atom stereocenters. The number of nitrogens with one attached hydrogen (secondary N) is 1. The highest BCUT2D eigenvalue weighted by Gasteiger charge is 2.30. The number of nitrogens with zero attached hydrogens (tertiary/aromatic N) is 1. The number of hydrogen-bond acceptors (Lipinski definition) is 6. The van der Waals surface area contributed by atoms with Crippen molar-refractivity contribution in [3.8, 4) is 0 Å². The number of allylic oxidation sites excluding steroid dienone is 13. The molecule has 0 spiro atoms. The average molecular weight is 1180 g/mol. The lowest BCUT2D eigenvalue weighted by Crippen LogP contribution is -2.47. The Balaban J connectivity index is 5.17. The SMILES string of the molecule is CCCCC/C=C\C/C=C\C/C=C\CCCCCCCCCCCCC(=O)NC(COP(=O)(O)OCC[N+](C)(C)C)C(/C=C/CCCCCCCCCCCCC)OC(=O)CCCCCCCCCC/C=C\C/C=C\C/C=C\CCCCC. The third-order valence-electron chi connectivity index (χ3n) is 15.3. The van der Waals surface area contributed by atoms with Crippen molar-refractivity contribution in [2.75, 3.05) is 40.9 Å². The summed E-state index contributed by atoms with van der Waals surface area (Å²) in [6.45, 7) is 6.98. The lowest BCUT2D eigenvalue weighted by atomic mass is 10.0. The van der Waals surface area contributed by atoms with Gasteiger partial charge in [-0.2, -0.15) is 0 Å². The van der Waals surface area contributed by atoms with Crippen molar-refractivity contribution in [3.63, 3.8) is 0 Å². The van der Waals surface area contributed by atoms with E-state index in [-0.39, 0.29) is 31.5 Å². The van der Waals surface area contributed by atoms with Gasteiger partial charge in [0.1, 0.15) is 19.3 Å². The van der Waals surface area contributed by atoms with Crippen molar-refractivity contribution < 1.29 is 37.3 Å². The van der Waals surface area contributed by atoms with Crippen LogP contribution >= 0.6 is 7.82 Å². The Bertz CT molecular complexity index is 1700. The molecule has 9 nitrogen and oxygen atoms in total. The third kappa shape index (κ3) is 63.5. The highest BCUT2D eigenvalue weighted by Crippen LogP contribution is 2.43. The second-order valence-corrected chi connectivity index (χ2v) is 26.1. The number of likely N-dealkylation sites (N-methyl/N-ethyl adjacent to an activating group) is 1. The molecule has 0 aliphatic heterocycles. The van der Waals surface area contributed by atoms with Crippen LogP contribution in [0, 0.1) is 0 Å². The summed E-state index contributed by atoms with van der Waals surface area (Å²) in [6, 6.07) is -0.859. The second kappa shape index (κ2) is 62.2. The number of hydrogen-bond donors (Lipinski definition) is 2. The topological polar surface area (TPSA) is 111 Å². The summed E-state index contributed by atoms with van der Waals surface area (Å²) in [4.78, 5) is 37.9. The molecule has 0 saturated heterocycles. The molecule has 0 aliphatic rings. The number of quaternary nitrogens is 1. The molecule has 0 saturated carbocycles. The maximum atomic E-state index is 13.6. The van der Waals surface area contributed by atoms with Gasteiger partial charge in [-0.15, -0.1) is 0 Å². The minimum Gasteiger partial charge on any atom is -0.456 e. The van der Waals surface area contributed by atoms with E-state index in [0.717, 1.165) is 96.3 Å². The molecule has 0 aromatic heterocycles. The molecular weight excluding hydrogens is 1050 g/mol. The number of carbonyl (C=O) groups is 2. The van der Waals surface area contributed by atoms with Crippen LogP contribution in [-0.4, -0.2) is 74.3 Å². The molecule has 482 valence electrons. The molecule has 0 aliphatic carbocycles. The Labute approximate surface area is 514 Å². The van der Waals surface area contributed by atoms with Crippen LogP contribution in [0.25, 0.3) is 0 Å². The van der Waals surface area contributed by atoms with E-state index in [4.69, 9.17) is 13.8 Å². The van der Waals surface area contributed by atoms with Crippen LogP contribution in [0.3, 0.4) is 0 Å². The van der Waals surface area contributed by atoms with E-state index in [1.54, 1.807) is 0 Å². The monoisotopic (exact) mass is 1180 g/mol. The minimum absolute atomic E-state index is 0.0355. The summed E-state index contributed by atoms with van der Waals surface area (Å²) in [7, 11) is 1.49. The Hall–Kier alpha value is -2.81. The summed E-state index contributed by atoms with van der Waals surface area (Å²) in [5, 5.41) is 3.07. The van der Waals surface area contributed by atoms with Gasteiger partial charge in [-0.05, 0) is 109 Å². The van der Waals surface area contributed by atoms with E-state index < -0.39 is 20.0 Å². The van der Waals surface area contributed by atoms with Crippen molar-refractivity contribution in [3.05, 3.63) is 85.1 Å². The van der Waals surface area contributed by atoms with Crippen LogP contribution in [0.1, 0.15) is 316 Å². The van der Waals surface area contributed by atoms with Crippen molar-refractivity contribution in [1.82, 2.24) is 5.32 Å². The number of amides is 1. The van der Waals surface area contributed by atoms with Gasteiger partial charge in [0.2, 0.25) is 5.91 Å². The fourth-order valence-electron chi connectivity index (χ4n) is 9.90. The Morgan fingerprint density at radius 2 is 0.735 bits per heavy atom. The molecule has 83 heavy (non-hydrogen) atoms. The number of ether oxygens (including phenoxy) is 1. The molecule has 10 heteroatoms. The van der Waals surface area contributed by atoms with E-state index in [2.05, 4.69) is 99.0 Å². The van der Waals surface area contributed by atoms with Gasteiger partial charge in [0.05, 0.1) is 33.8 Å². The number of phosphoric ester groups is 1. The molecule has 0 aromatic rings. The molecule has 0 aromatic carbocycles. The molecular formula is C73H134N2O7P+. The lowest BCUT2D eigenvalue weighted by molar-refractivity contribution is -0.870. The molecule has 0 heterocycles. The molecule has 0 bridgehead atoms. The van der Waals surface area contributed by atoms with Crippen molar-refractivity contribution >= 4 is 19.7 Å². The summed E-state index contributed by atoms with van der Waals surface area (Å²) >= 11 is 0. The highest BCUT2D eigenvalue weighted by atomic mass is 31.2. The maximum Gasteiger partial charge on any atom is 0.472 e. The molecule has 0 rings (SSSR count). The predicted molar refractivity (Wildman–Crippen MR) is 360 cm³/mol. The number of esters is 1. The van der Waals surface area contributed by atoms with Gasteiger partial charge in [-0.25, -0.2) is 4.57 Å². The first-order valence-corrected chi connectivity index (χ1v) is 36.4. The van der Waals surface area contributed by atoms with Gasteiger partial charge < -0.3 is 19.4 Å². The first-order valence-electron chi connectivity index (χ1n) is 34.9. The van der Waals surface area contributed by atoms with Crippen molar-refractivity contribution in [2.45, 2.75) is 328 Å². The van der Waals surface area contributed by atoms with E-state index in [0.29, 0.717) is 17.4 Å². The van der Waals surface area contributed by atoms with Gasteiger partial charge in [0.25, 0.3) is 0 Å². The first kappa shape index (κ1) is 80.2. The number of carbonyl (C=O) groups excluding carboxylic acids is 2. The zero-order valence-electron chi connectivity index (χ0n) is 55.2. The summed E-state index contributed by atoms with van der Waals surface area (Å²) < 4.78 is 30.8. The number of phosphoric acid groups is 1. The quantitative estimate of drug-likeness (QED) is 0.0205. The molecule has 0 radical (unpaired) electrons. The Morgan fingerprint density at radius 3 is 1.12 bits per heavy atom. The zero-order chi connectivity index (χ0) is 60.7. The highest BCUT2D eigenvalue weighted by molar-refractivity contribution is 7.47. The second-order valence-electron chi connectivity index (χ2n) is 24.7. The largest absolute Gasteiger partial charge is 0.472 e. The maximum absolute atomic E-state index is 13.6. The zero-order valence-corrected chi connectivity index (χ0v) is 56.1. The van der Waals surface area contributed by atoms with E-state index in [1.165, 1.54) is 186 Å². The summed E-state index contributed by atoms with van der Waals surface area (Å²) in [6.07, 6.45) is 82.9. The van der Waals surface area contributed by atoms with Gasteiger partial charge in [-0.1, -0.05) is 280 Å². The van der Waals surface area contributed by atoms with Gasteiger partial charge in [0.15, 0.2) is 0 Å². The Kier molecular flexibility index (Phi) is 60.1. The van der Waals surface area contributed by atoms with E-state index >= 15 is 0 Å². The van der Waals surface area contributed by atoms with Crippen LogP contribution in [0.5, 0.6) is 0 Å². The summed E-state index contributed by atoms with van der Waals surface area (Å²) in [5.41, 5.74) is 0. The van der Waals surface area contributed by atoms with Gasteiger partial charge in [-0.3, -0.25) is 18.6 Å². The molecule has 0 fully saturated rings. The van der Waals surface area contributed by atoms with Crippen LogP contribution in [0.4, 0.5) is 0 Å². The van der Waals surface area contributed by atoms with Crippen molar-refractivity contribution in [1.29, 1.82) is 0 Å². The smallest absolute Gasteiger partial charge is 0.456 e. The van der Waals surface area contributed by atoms with E-state index in [1.807, 2.05) is 33.3 Å². The van der Waals surface area contributed by atoms with Crippen LogP contribution in [-0.2, 0) is 27.9 Å². The normalized spacial score (nSPS) is 14.1. The number of rotatable bonds is 63. The van der Waals surface area contributed by atoms with Gasteiger partial charge in [0, 0.05) is 12.8 Å². The standard InChI is InChI=1S/C73H133N2O7P/c1-7-10-13-16-19-22-25-28-30-32-34-36-37-39-40-42-44-47-50-53-56-59-62-65-72(76)74-70(69-81-83(78,79)80-68-67-75(4,5)6)71(64-61-58-55-52-49-46-27-24-21-18-15-12-9-3)82-73(77)66-63-60-57-54-51-48-45-43-41-38-35-33-31-29-26-23-20-17-14-11-8-2/h19-20,22-23,28-31,34-36,38,61,64,70-71H,7-18,21,24-27,32-33,37,39-60,62-63,65-69H2,1-6H3,(H-,74,76,78,79)/p+1/b22-19-,23-20-,30-28-,31-29-,36-34-,38-35-,64-61+. The molecule has 1 amide bonds. The van der Waals surface area contributed by atoms with E-state index in [9.17, 15) is 19.0 Å². The average Bonchev–Trinajstić information content (AvgIpc) is 3.46. The first-order chi connectivity index (χ1) is 40.4. The van der Waals surface area contributed by atoms with Crippen LogP contribution in [0.15, 0.2) is 85.1 Å². The van der Waals surface area contributed by atoms with Crippen molar-refractivity contribution in [2.24, 2.45) is 0 Å². The third-order valence-corrected chi connectivity index (χ3v) is 16.3. The lowest BCUT2D eigenvalue weighted by Gasteiger charge is -2.27. The van der Waals surface area contributed by atoms with Gasteiger partial charge >= 0.3 is 13.8 Å². The van der Waals surface area contributed by atoms with Crippen LogP contribution < -0.4 is 5.32 Å². The van der Waals surface area contributed by atoms with Crippen LogP contribution in [0.2, 0.25) is 0 Å². The predicted octanol–water partition coefficient (Wildman–Crippen LogP) is 22.1. The minimum atomic E-state index is -4.46. The molecule has 2 N–H and O–H groups in total. The fraction of sp³-hybridized carbons (Fsp3) is 0.781. The fourth-order valence-corrected chi connectivity index (χ4v) is 10.6.